The van der Waals surface area contributed by atoms with Crippen molar-refractivity contribution >= 4 is 16.7 Å². The number of nitrogens with zero attached hydrogens (tertiary/aromatic N) is 2. The predicted molar refractivity (Wildman–Crippen MR) is 158 cm³/mol. The van der Waals surface area contributed by atoms with Gasteiger partial charge in [-0.3, -0.25) is 0 Å². The Morgan fingerprint density at radius 1 is 0.375 bits per heavy atom. The van der Waals surface area contributed by atoms with E-state index in [0.717, 1.165) is 44.5 Å². The number of phenols is 2. The quantitative estimate of drug-likeness (QED) is 0.177. The number of rotatable bonds is 6. The fourth-order valence-corrected chi connectivity index (χ4v) is 4.77. The molecule has 0 radical (unpaired) electrons. The number of nitriles is 2. The number of phenolic OH excluding ortho intramolecular Hbond substituents is 2. The molecule has 0 heterocycles. The van der Waals surface area contributed by atoms with Crippen molar-refractivity contribution in [3.63, 3.8) is 0 Å². The second-order valence-electron chi connectivity index (χ2n) is 9.13. The van der Waals surface area contributed by atoms with Gasteiger partial charge in [0.25, 0.3) is 0 Å². The average molecular weight is 517 g/mol. The molecule has 2 N–H and O–H groups in total. The second kappa shape index (κ2) is 11.7. The van der Waals surface area contributed by atoms with E-state index in [2.05, 4.69) is 12.1 Å². The maximum Gasteiger partial charge on any atom is 0.138 e. The summed E-state index contributed by atoms with van der Waals surface area (Å²) in [5, 5.41) is 39.4. The lowest BCUT2D eigenvalue weighted by atomic mass is 9.85. The fraction of sp³-hybridized carbons (Fsp3) is 0. The number of aromatic hydroxyl groups is 2. The predicted octanol–water partition coefficient (Wildman–Crippen LogP) is 7.95. The summed E-state index contributed by atoms with van der Waals surface area (Å²) in [6.07, 6.45) is 0. The number of hydrogen-bond acceptors (Lipinski definition) is 4. The van der Waals surface area contributed by atoms with E-state index in [-0.39, 0.29) is 17.1 Å². The molecule has 0 aliphatic carbocycles. The highest BCUT2D eigenvalue weighted by molar-refractivity contribution is 6.04. The minimum Gasteiger partial charge on any atom is -0.508 e. The van der Waals surface area contributed by atoms with Crippen molar-refractivity contribution in [1.82, 2.24) is 0 Å². The molecule has 0 unspecified atom stereocenters. The van der Waals surface area contributed by atoms with E-state index >= 15 is 0 Å². The van der Waals surface area contributed by atoms with Gasteiger partial charge in [-0.15, -0.1) is 0 Å². The summed E-state index contributed by atoms with van der Waals surface area (Å²) in [5.74, 6) is 0.343. The van der Waals surface area contributed by atoms with Gasteiger partial charge in [0.1, 0.15) is 29.2 Å². The van der Waals surface area contributed by atoms with E-state index in [0.29, 0.717) is 5.57 Å². The first-order chi connectivity index (χ1) is 19.6. The van der Waals surface area contributed by atoms with Crippen LogP contribution in [0.25, 0.3) is 16.7 Å². The molecule has 40 heavy (non-hydrogen) atoms. The van der Waals surface area contributed by atoms with Crippen LogP contribution in [0.4, 0.5) is 0 Å². The molecule has 0 saturated heterocycles. The minimum atomic E-state index is 0.0478. The van der Waals surface area contributed by atoms with Crippen LogP contribution in [0.3, 0.4) is 0 Å². The molecule has 0 atom stereocenters. The van der Waals surface area contributed by atoms with Gasteiger partial charge in [-0.2, -0.15) is 10.5 Å². The normalized spacial score (nSPS) is 10.2. The van der Waals surface area contributed by atoms with Crippen molar-refractivity contribution in [2.75, 3.05) is 0 Å². The molecule has 4 nitrogen and oxygen atoms in total. The Morgan fingerprint density at radius 3 is 1.00 bits per heavy atom. The van der Waals surface area contributed by atoms with E-state index in [1.807, 2.05) is 109 Å². The number of benzene rings is 5. The average Bonchev–Trinajstić information content (AvgIpc) is 3.01. The van der Waals surface area contributed by atoms with Crippen LogP contribution in [0.5, 0.6) is 11.5 Å². The van der Waals surface area contributed by atoms with Crippen molar-refractivity contribution in [3.8, 4) is 23.6 Å². The van der Waals surface area contributed by atoms with Crippen molar-refractivity contribution in [2.45, 2.75) is 0 Å². The maximum absolute atomic E-state index is 9.98. The van der Waals surface area contributed by atoms with E-state index in [9.17, 15) is 20.7 Å². The van der Waals surface area contributed by atoms with Crippen molar-refractivity contribution in [3.05, 3.63) is 172 Å². The Hall–Kier alpha value is -5.84. The zero-order chi connectivity index (χ0) is 27.9. The molecule has 0 aromatic heterocycles. The number of allylic oxidation sites excluding steroid dienone is 1. The molecule has 0 spiro atoms. The second-order valence-corrected chi connectivity index (χ2v) is 9.13. The third-order valence-electron chi connectivity index (χ3n) is 6.62. The smallest absolute Gasteiger partial charge is 0.138 e. The van der Waals surface area contributed by atoms with Gasteiger partial charge in [0, 0.05) is 5.57 Å². The summed E-state index contributed by atoms with van der Waals surface area (Å²) >= 11 is 0. The first-order valence-electron chi connectivity index (χ1n) is 12.7. The topological polar surface area (TPSA) is 88.0 Å². The lowest BCUT2D eigenvalue weighted by Gasteiger charge is -2.19. The summed E-state index contributed by atoms with van der Waals surface area (Å²) in [6, 6.07) is 45.5. The summed E-state index contributed by atoms with van der Waals surface area (Å²) in [4.78, 5) is 0. The third-order valence-corrected chi connectivity index (χ3v) is 6.62. The van der Waals surface area contributed by atoms with E-state index in [1.54, 1.807) is 24.3 Å². The zero-order valence-electron chi connectivity index (χ0n) is 21.5. The molecule has 5 rings (SSSR count). The van der Waals surface area contributed by atoms with E-state index < -0.39 is 0 Å². The molecule has 0 aliphatic heterocycles. The Labute approximate surface area is 233 Å². The largest absolute Gasteiger partial charge is 0.508 e. The van der Waals surface area contributed by atoms with Crippen LogP contribution in [0, 0.1) is 22.7 Å². The lowest BCUT2D eigenvalue weighted by molar-refractivity contribution is 0.475. The van der Waals surface area contributed by atoms with Gasteiger partial charge in [-0.25, -0.2) is 0 Å². The van der Waals surface area contributed by atoms with Crippen LogP contribution in [0.15, 0.2) is 139 Å². The third kappa shape index (κ3) is 5.38. The molecule has 0 amide bonds. The SMILES string of the molecule is N#CC(C#N)=C(c1ccccc1)c1ccc(C(=C(c2ccc(O)cc2)c2ccc(O)cc2)c2ccccc2)cc1. The van der Waals surface area contributed by atoms with E-state index in [1.165, 1.54) is 0 Å². The van der Waals surface area contributed by atoms with Crippen molar-refractivity contribution in [1.29, 1.82) is 10.5 Å². The van der Waals surface area contributed by atoms with Gasteiger partial charge >= 0.3 is 0 Å². The molecule has 5 aromatic carbocycles. The highest BCUT2D eigenvalue weighted by Gasteiger charge is 2.18. The van der Waals surface area contributed by atoms with Crippen LogP contribution in [-0.2, 0) is 0 Å². The van der Waals surface area contributed by atoms with Gasteiger partial charge in [-0.1, -0.05) is 109 Å². The zero-order valence-corrected chi connectivity index (χ0v) is 21.5. The Balaban J connectivity index is 1.77. The van der Waals surface area contributed by atoms with Crippen molar-refractivity contribution in [2.24, 2.45) is 0 Å². The Bertz CT molecular complexity index is 1710. The Morgan fingerprint density at radius 2 is 0.650 bits per heavy atom. The summed E-state index contributed by atoms with van der Waals surface area (Å²) in [7, 11) is 0. The molecule has 190 valence electrons. The molecule has 0 fully saturated rings. The van der Waals surface area contributed by atoms with Gasteiger partial charge in [0.15, 0.2) is 0 Å². The minimum absolute atomic E-state index is 0.0478. The van der Waals surface area contributed by atoms with Gasteiger partial charge in [-0.05, 0) is 68.8 Å². The Kier molecular flexibility index (Phi) is 7.54. The molecule has 0 bridgehead atoms. The van der Waals surface area contributed by atoms with Gasteiger partial charge in [0.2, 0.25) is 0 Å². The molecule has 0 aliphatic rings. The molecule has 5 aromatic rings. The first-order valence-corrected chi connectivity index (χ1v) is 12.7. The van der Waals surface area contributed by atoms with Crippen LogP contribution in [0.2, 0.25) is 0 Å². The standard InChI is InChI=1S/C36H24N2O2/c37-23-31(24-38)34(25-7-3-1-4-8-25)27-11-13-28(14-12-27)35(26-9-5-2-6-10-26)36(29-15-19-32(39)20-16-29)30-17-21-33(40)22-18-30/h1-22,39-40H. The van der Waals surface area contributed by atoms with E-state index in [4.69, 9.17) is 0 Å². The van der Waals surface area contributed by atoms with Crippen molar-refractivity contribution < 1.29 is 10.2 Å². The fourth-order valence-electron chi connectivity index (χ4n) is 4.77. The van der Waals surface area contributed by atoms with Crippen LogP contribution >= 0.6 is 0 Å². The van der Waals surface area contributed by atoms with Crippen LogP contribution < -0.4 is 0 Å². The number of hydrogen-bond donors (Lipinski definition) is 2. The summed E-state index contributed by atoms with van der Waals surface area (Å²) in [5.41, 5.74) is 7.76. The highest BCUT2D eigenvalue weighted by Crippen LogP contribution is 2.38. The monoisotopic (exact) mass is 516 g/mol. The van der Waals surface area contributed by atoms with Crippen LogP contribution in [-0.4, -0.2) is 10.2 Å². The van der Waals surface area contributed by atoms with Gasteiger partial charge < -0.3 is 10.2 Å². The summed E-state index contributed by atoms with van der Waals surface area (Å²) in [6.45, 7) is 0. The van der Waals surface area contributed by atoms with Crippen LogP contribution in [0.1, 0.15) is 33.4 Å². The maximum atomic E-state index is 9.98. The highest BCUT2D eigenvalue weighted by atomic mass is 16.3. The molecule has 0 saturated carbocycles. The molecule has 4 heteroatoms. The van der Waals surface area contributed by atoms with Gasteiger partial charge in [0.05, 0.1) is 0 Å². The molecular formula is C36H24N2O2. The summed E-state index contributed by atoms with van der Waals surface area (Å²) < 4.78 is 0. The first kappa shape index (κ1) is 25.8. The lowest BCUT2D eigenvalue weighted by Crippen LogP contribution is -1.98. The molecular weight excluding hydrogens is 492 g/mol.